The highest BCUT2D eigenvalue weighted by atomic mass is 15.2. The van der Waals surface area contributed by atoms with E-state index in [2.05, 4.69) is 48.2 Å². The number of nitrogens with one attached hydrogen (secondary N) is 1. The van der Waals surface area contributed by atoms with Crippen LogP contribution in [-0.4, -0.2) is 24.1 Å². The molecule has 0 aliphatic heterocycles. The molecule has 20 heavy (non-hydrogen) atoms. The van der Waals surface area contributed by atoms with Crippen LogP contribution in [-0.2, 0) is 6.54 Å². The summed E-state index contributed by atoms with van der Waals surface area (Å²) in [6, 6.07) is 2.88. The zero-order chi connectivity index (χ0) is 14.4. The normalized spacial score (nSPS) is 16.0. The van der Waals surface area contributed by atoms with Gasteiger partial charge in [0.05, 0.1) is 11.9 Å². The lowest BCUT2D eigenvalue weighted by Crippen LogP contribution is -2.37. The van der Waals surface area contributed by atoms with Crippen LogP contribution in [0.25, 0.3) is 0 Å². The number of hydrogen-bond donors (Lipinski definition) is 1. The standard InChI is InChI=1S/C17H29N3/c1-4-18-11-15-9-10-19-12-17(15)20(13-14(2)3)16-7-5-6-8-16/h9-10,12,14,16,18H,4-8,11,13H2,1-3H3. The predicted octanol–water partition coefficient (Wildman–Crippen LogP) is 3.60. The Kier molecular flexibility index (Phi) is 5.84. The largest absolute Gasteiger partial charge is 0.367 e. The van der Waals surface area contributed by atoms with Gasteiger partial charge in [0.15, 0.2) is 0 Å². The average molecular weight is 275 g/mol. The maximum Gasteiger partial charge on any atom is 0.0600 e. The third-order valence-electron chi connectivity index (χ3n) is 4.09. The summed E-state index contributed by atoms with van der Waals surface area (Å²) >= 11 is 0. The maximum absolute atomic E-state index is 4.38. The second-order valence-electron chi connectivity index (χ2n) is 6.27. The van der Waals surface area contributed by atoms with Crippen LogP contribution >= 0.6 is 0 Å². The molecular weight excluding hydrogens is 246 g/mol. The van der Waals surface area contributed by atoms with E-state index in [9.17, 15) is 0 Å². The van der Waals surface area contributed by atoms with Crippen LogP contribution in [0.5, 0.6) is 0 Å². The van der Waals surface area contributed by atoms with E-state index in [-0.39, 0.29) is 0 Å². The molecule has 1 N–H and O–H groups in total. The van der Waals surface area contributed by atoms with E-state index in [4.69, 9.17) is 0 Å². The molecule has 0 unspecified atom stereocenters. The van der Waals surface area contributed by atoms with Crippen molar-refractivity contribution in [3.05, 3.63) is 24.0 Å². The number of rotatable bonds is 7. The van der Waals surface area contributed by atoms with Gasteiger partial charge in [-0.05, 0) is 36.9 Å². The number of pyridine rings is 1. The number of hydrogen-bond acceptors (Lipinski definition) is 3. The molecule has 1 saturated carbocycles. The van der Waals surface area contributed by atoms with Crippen LogP contribution in [0.15, 0.2) is 18.5 Å². The van der Waals surface area contributed by atoms with E-state index >= 15 is 0 Å². The van der Waals surface area contributed by atoms with Crippen molar-refractivity contribution in [2.75, 3.05) is 18.0 Å². The first-order chi connectivity index (χ1) is 9.72. The van der Waals surface area contributed by atoms with Gasteiger partial charge in [0.25, 0.3) is 0 Å². The van der Waals surface area contributed by atoms with Crippen molar-refractivity contribution >= 4 is 5.69 Å². The molecule has 0 atom stereocenters. The quantitative estimate of drug-likeness (QED) is 0.824. The molecule has 2 rings (SSSR count). The third-order valence-corrected chi connectivity index (χ3v) is 4.09. The van der Waals surface area contributed by atoms with Gasteiger partial charge in [0.1, 0.15) is 0 Å². The summed E-state index contributed by atoms with van der Waals surface area (Å²) in [5, 5.41) is 3.45. The van der Waals surface area contributed by atoms with Gasteiger partial charge in [-0.2, -0.15) is 0 Å². The molecule has 1 aromatic rings. The number of aromatic nitrogens is 1. The van der Waals surface area contributed by atoms with Gasteiger partial charge in [-0.3, -0.25) is 4.98 Å². The molecule has 1 fully saturated rings. The van der Waals surface area contributed by atoms with Crippen molar-refractivity contribution in [1.29, 1.82) is 0 Å². The molecule has 0 spiro atoms. The molecule has 3 nitrogen and oxygen atoms in total. The molecule has 1 aliphatic carbocycles. The number of anilines is 1. The minimum Gasteiger partial charge on any atom is -0.367 e. The summed E-state index contributed by atoms with van der Waals surface area (Å²) in [7, 11) is 0. The fourth-order valence-corrected chi connectivity index (χ4v) is 3.14. The van der Waals surface area contributed by atoms with Gasteiger partial charge >= 0.3 is 0 Å². The Hall–Kier alpha value is -1.09. The summed E-state index contributed by atoms with van der Waals surface area (Å²) in [6.07, 6.45) is 9.40. The molecule has 0 aromatic carbocycles. The van der Waals surface area contributed by atoms with Gasteiger partial charge in [0, 0.05) is 25.3 Å². The smallest absolute Gasteiger partial charge is 0.0600 e. The second-order valence-corrected chi connectivity index (χ2v) is 6.27. The van der Waals surface area contributed by atoms with Gasteiger partial charge in [-0.25, -0.2) is 0 Å². The highest BCUT2D eigenvalue weighted by Crippen LogP contribution is 2.30. The third kappa shape index (κ3) is 3.95. The fraction of sp³-hybridized carbons (Fsp3) is 0.706. The predicted molar refractivity (Wildman–Crippen MR) is 86.1 cm³/mol. The summed E-state index contributed by atoms with van der Waals surface area (Å²) in [5.74, 6) is 0.683. The molecule has 0 amide bonds. The zero-order valence-electron chi connectivity index (χ0n) is 13.2. The van der Waals surface area contributed by atoms with Crippen LogP contribution in [0.3, 0.4) is 0 Å². The Morgan fingerprint density at radius 1 is 1.35 bits per heavy atom. The lowest BCUT2D eigenvalue weighted by Gasteiger charge is -2.34. The van der Waals surface area contributed by atoms with E-state index in [1.165, 1.54) is 36.9 Å². The van der Waals surface area contributed by atoms with Crippen molar-refractivity contribution in [2.24, 2.45) is 5.92 Å². The van der Waals surface area contributed by atoms with Crippen LogP contribution in [0.2, 0.25) is 0 Å². The summed E-state index contributed by atoms with van der Waals surface area (Å²) in [4.78, 5) is 7.01. The summed E-state index contributed by atoms with van der Waals surface area (Å²) in [6.45, 7) is 9.86. The first-order valence-electron chi connectivity index (χ1n) is 8.12. The van der Waals surface area contributed by atoms with Crippen molar-refractivity contribution in [3.8, 4) is 0 Å². The minimum absolute atomic E-state index is 0.683. The Bertz CT molecular complexity index is 397. The molecule has 0 radical (unpaired) electrons. The first-order valence-corrected chi connectivity index (χ1v) is 8.12. The molecule has 0 saturated heterocycles. The lowest BCUT2D eigenvalue weighted by atomic mass is 10.1. The SMILES string of the molecule is CCNCc1ccncc1N(CC(C)C)C1CCCC1. The van der Waals surface area contributed by atoms with E-state index in [0.717, 1.165) is 19.6 Å². The summed E-state index contributed by atoms with van der Waals surface area (Å²) in [5.41, 5.74) is 2.73. The van der Waals surface area contributed by atoms with E-state index < -0.39 is 0 Å². The van der Waals surface area contributed by atoms with Crippen molar-refractivity contribution in [3.63, 3.8) is 0 Å². The van der Waals surface area contributed by atoms with Gasteiger partial charge < -0.3 is 10.2 Å². The van der Waals surface area contributed by atoms with Crippen molar-refractivity contribution < 1.29 is 0 Å². The fourth-order valence-electron chi connectivity index (χ4n) is 3.14. The zero-order valence-corrected chi connectivity index (χ0v) is 13.2. The van der Waals surface area contributed by atoms with E-state index in [1.807, 2.05) is 6.20 Å². The molecule has 112 valence electrons. The highest BCUT2D eigenvalue weighted by Gasteiger charge is 2.25. The van der Waals surface area contributed by atoms with Crippen LogP contribution in [0.4, 0.5) is 5.69 Å². The van der Waals surface area contributed by atoms with Crippen LogP contribution < -0.4 is 10.2 Å². The van der Waals surface area contributed by atoms with Gasteiger partial charge in [0.2, 0.25) is 0 Å². The Labute approximate surface area is 123 Å². The maximum atomic E-state index is 4.38. The Morgan fingerprint density at radius 3 is 2.75 bits per heavy atom. The minimum atomic E-state index is 0.683. The first kappa shape index (κ1) is 15.3. The Morgan fingerprint density at radius 2 is 2.10 bits per heavy atom. The highest BCUT2D eigenvalue weighted by molar-refractivity contribution is 5.52. The topological polar surface area (TPSA) is 28.2 Å². The van der Waals surface area contributed by atoms with Gasteiger partial charge in [-0.15, -0.1) is 0 Å². The molecule has 1 heterocycles. The van der Waals surface area contributed by atoms with Crippen molar-refractivity contribution in [1.82, 2.24) is 10.3 Å². The lowest BCUT2D eigenvalue weighted by molar-refractivity contribution is 0.532. The molecule has 3 heteroatoms. The van der Waals surface area contributed by atoms with E-state index in [1.54, 1.807) is 0 Å². The monoisotopic (exact) mass is 275 g/mol. The molecule has 1 aliphatic rings. The molecular formula is C17H29N3. The van der Waals surface area contributed by atoms with Gasteiger partial charge in [-0.1, -0.05) is 33.6 Å². The van der Waals surface area contributed by atoms with E-state index in [0.29, 0.717) is 12.0 Å². The number of nitrogens with zero attached hydrogens (tertiary/aromatic N) is 2. The van der Waals surface area contributed by atoms with Crippen LogP contribution in [0, 0.1) is 5.92 Å². The summed E-state index contributed by atoms with van der Waals surface area (Å²) < 4.78 is 0. The Balaban J connectivity index is 2.22. The second kappa shape index (κ2) is 7.63. The van der Waals surface area contributed by atoms with Crippen molar-refractivity contribution in [2.45, 2.75) is 59.0 Å². The van der Waals surface area contributed by atoms with Crippen LogP contribution in [0.1, 0.15) is 52.0 Å². The molecule has 1 aromatic heterocycles. The average Bonchev–Trinajstić information content (AvgIpc) is 2.97. The molecule has 0 bridgehead atoms.